The van der Waals surface area contributed by atoms with Crippen LogP contribution in [0.25, 0.3) is 0 Å². The molecule has 0 aliphatic rings. The molecule has 0 aliphatic heterocycles. The van der Waals surface area contributed by atoms with Crippen molar-refractivity contribution in [2.24, 2.45) is 0 Å². The number of ether oxygens (including phenoxy) is 2. The van der Waals surface area contributed by atoms with Gasteiger partial charge in [0, 0.05) is 7.11 Å². The van der Waals surface area contributed by atoms with Crippen molar-refractivity contribution < 1.29 is 19.7 Å². The molecule has 0 aliphatic carbocycles. The van der Waals surface area contributed by atoms with Gasteiger partial charge in [0.05, 0.1) is 13.2 Å². The van der Waals surface area contributed by atoms with E-state index in [1.54, 1.807) is 7.11 Å². The Kier molecular flexibility index (Phi) is 19.0. The molecule has 0 aromatic heterocycles. The zero-order valence-electron chi connectivity index (χ0n) is 16.2. The number of unbranched alkanes of at least 4 members (excludes halogenated alkanes) is 12. The van der Waals surface area contributed by atoms with Crippen molar-refractivity contribution in [1.29, 1.82) is 0 Å². The Hall–Kier alpha value is -0.160. The Labute approximate surface area is 149 Å². The lowest BCUT2D eigenvalue weighted by Gasteiger charge is -2.17. The molecule has 146 valence electrons. The van der Waals surface area contributed by atoms with Crippen LogP contribution in [0.2, 0.25) is 0 Å². The van der Waals surface area contributed by atoms with E-state index in [1.165, 1.54) is 77.0 Å². The summed E-state index contributed by atoms with van der Waals surface area (Å²) in [5.41, 5.74) is 0. The second kappa shape index (κ2) is 19.2. The minimum Gasteiger partial charge on any atom is -0.394 e. The molecule has 0 unspecified atom stereocenters. The van der Waals surface area contributed by atoms with Crippen LogP contribution in [-0.2, 0) is 9.47 Å². The molecule has 0 aromatic carbocycles. The molecule has 4 nitrogen and oxygen atoms in total. The van der Waals surface area contributed by atoms with Gasteiger partial charge in [-0.05, 0) is 12.8 Å². The molecule has 0 amide bonds. The molecule has 24 heavy (non-hydrogen) atoms. The third-order valence-electron chi connectivity index (χ3n) is 4.49. The molecule has 0 saturated heterocycles. The highest BCUT2D eigenvalue weighted by molar-refractivity contribution is 4.54. The van der Waals surface area contributed by atoms with Crippen molar-refractivity contribution in [2.45, 2.75) is 109 Å². The van der Waals surface area contributed by atoms with E-state index in [9.17, 15) is 5.11 Å². The molecule has 0 heterocycles. The molecular formula is C20H42O4. The number of aliphatic hydroxyl groups is 2. The third-order valence-corrected chi connectivity index (χ3v) is 4.49. The predicted octanol–water partition coefficient (Wildman–Crippen LogP) is 4.81. The van der Waals surface area contributed by atoms with Gasteiger partial charge in [-0.25, -0.2) is 0 Å². The molecule has 0 bridgehead atoms. The van der Waals surface area contributed by atoms with E-state index in [1.807, 2.05) is 0 Å². The van der Waals surface area contributed by atoms with Crippen molar-refractivity contribution in [3.05, 3.63) is 0 Å². The Morgan fingerprint density at radius 2 is 1.21 bits per heavy atom. The Bertz CT molecular complexity index is 236. The molecule has 0 spiro atoms. The van der Waals surface area contributed by atoms with Crippen LogP contribution in [0.15, 0.2) is 0 Å². The monoisotopic (exact) mass is 346 g/mol. The van der Waals surface area contributed by atoms with E-state index in [0.29, 0.717) is 0 Å². The maximum atomic E-state index is 9.26. The van der Waals surface area contributed by atoms with Crippen LogP contribution in [0.4, 0.5) is 0 Å². The summed E-state index contributed by atoms with van der Waals surface area (Å²) >= 11 is 0. The average molecular weight is 347 g/mol. The summed E-state index contributed by atoms with van der Waals surface area (Å²) in [5, 5.41) is 18.0. The van der Waals surface area contributed by atoms with E-state index in [4.69, 9.17) is 14.6 Å². The number of methoxy groups -OCH3 is 1. The van der Waals surface area contributed by atoms with E-state index in [2.05, 4.69) is 6.92 Å². The highest BCUT2D eigenvalue weighted by Gasteiger charge is 2.10. The maximum Gasteiger partial charge on any atom is 0.157 e. The van der Waals surface area contributed by atoms with Gasteiger partial charge in [0.15, 0.2) is 6.29 Å². The fraction of sp³-hybridized carbons (Fsp3) is 1.00. The van der Waals surface area contributed by atoms with Gasteiger partial charge in [-0.2, -0.15) is 0 Å². The van der Waals surface area contributed by atoms with Gasteiger partial charge in [-0.15, -0.1) is 0 Å². The molecule has 0 aromatic rings. The predicted molar refractivity (Wildman–Crippen MR) is 100 cm³/mol. The molecular weight excluding hydrogens is 304 g/mol. The van der Waals surface area contributed by atoms with Crippen molar-refractivity contribution >= 4 is 0 Å². The Balaban J connectivity index is 3.25. The smallest absolute Gasteiger partial charge is 0.157 e. The molecule has 0 fully saturated rings. The van der Waals surface area contributed by atoms with Crippen LogP contribution in [0.5, 0.6) is 0 Å². The number of aliphatic hydroxyl groups excluding tert-OH is 2. The number of hydrogen-bond donors (Lipinski definition) is 2. The van der Waals surface area contributed by atoms with E-state index in [0.717, 1.165) is 12.8 Å². The van der Waals surface area contributed by atoms with Gasteiger partial charge < -0.3 is 19.7 Å². The summed E-state index contributed by atoms with van der Waals surface area (Å²) in [6.07, 6.45) is 17.3. The summed E-state index contributed by atoms with van der Waals surface area (Å²) in [6, 6.07) is 0. The minimum absolute atomic E-state index is 0.132. The van der Waals surface area contributed by atoms with Crippen molar-refractivity contribution in [1.82, 2.24) is 0 Å². The molecule has 0 radical (unpaired) electrons. The van der Waals surface area contributed by atoms with Crippen LogP contribution in [0, 0.1) is 0 Å². The average Bonchev–Trinajstić information content (AvgIpc) is 2.61. The first kappa shape index (κ1) is 23.8. The van der Waals surface area contributed by atoms with E-state index in [-0.39, 0.29) is 19.5 Å². The number of hydrogen-bond acceptors (Lipinski definition) is 4. The zero-order chi connectivity index (χ0) is 17.9. The lowest BCUT2D eigenvalue weighted by atomic mass is 10.0. The highest BCUT2D eigenvalue weighted by atomic mass is 16.7. The van der Waals surface area contributed by atoms with Crippen LogP contribution < -0.4 is 0 Å². The quantitative estimate of drug-likeness (QED) is 0.260. The SMILES string of the molecule is CCCCCCCCCCCCCCC[C@H](OC)OC[C@H](O)CO. The van der Waals surface area contributed by atoms with Crippen LogP contribution in [-0.4, -0.2) is 42.9 Å². The van der Waals surface area contributed by atoms with Gasteiger partial charge in [0.2, 0.25) is 0 Å². The van der Waals surface area contributed by atoms with E-state index >= 15 is 0 Å². The van der Waals surface area contributed by atoms with Gasteiger partial charge in [0.25, 0.3) is 0 Å². The number of rotatable bonds is 19. The van der Waals surface area contributed by atoms with Gasteiger partial charge in [-0.1, -0.05) is 84.0 Å². The van der Waals surface area contributed by atoms with Gasteiger partial charge in [0.1, 0.15) is 6.10 Å². The zero-order valence-corrected chi connectivity index (χ0v) is 16.2. The van der Waals surface area contributed by atoms with Crippen molar-refractivity contribution in [2.75, 3.05) is 20.3 Å². The highest BCUT2D eigenvalue weighted by Crippen LogP contribution is 2.14. The fourth-order valence-corrected chi connectivity index (χ4v) is 2.87. The van der Waals surface area contributed by atoms with Gasteiger partial charge >= 0.3 is 0 Å². The van der Waals surface area contributed by atoms with Crippen molar-refractivity contribution in [3.8, 4) is 0 Å². The molecule has 2 atom stereocenters. The van der Waals surface area contributed by atoms with Crippen LogP contribution in [0.3, 0.4) is 0 Å². The van der Waals surface area contributed by atoms with Gasteiger partial charge in [-0.3, -0.25) is 0 Å². The third kappa shape index (κ3) is 16.7. The lowest BCUT2D eigenvalue weighted by Crippen LogP contribution is -2.25. The standard InChI is InChI=1S/C20H42O4/c1-3-4-5-6-7-8-9-10-11-12-13-14-15-16-20(23-2)24-18-19(22)17-21/h19-22H,3-18H2,1-2H3/t19-,20-/m1/s1. The Morgan fingerprint density at radius 1 is 0.750 bits per heavy atom. The normalized spacial score (nSPS) is 14.0. The van der Waals surface area contributed by atoms with Crippen LogP contribution >= 0.6 is 0 Å². The molecule has 0 saturated carbocycles. The first-order valence-corrected chi connectivity index (χ1v) is 10.2. The largest absolute Gasteiger partial charge is 0.394 e. The van der Waals surface area contributed by atoms with E-state index < -0.39 is 6.10 Å². The summed E-state index contributed by atoms with van der Waals surface area (Å²) in [5.74, 6) is 0. The van der Waals surface area contributed by atoms with Crippen molar-refractivity contribution in [3.63, 3.8) is 0 Å². The maximum absolute atomic E-state index is 9.26. The fourth-order valence-electron chi connectivity index (χ4n) is 2.87. The second-order valence-electron chi connectivity index (χ2n) is 6.87. The van der Waals surface area contributed by atoms with Crippen LogP contribution in [0.1, 0.15) is 96.8 Å². The summed E-state index contributed by atoms with van der Waals surface area (Å²) in [7, 11) is 1.62. The summed E-state index contributed by atoms with van der Waals surface area (Å²) < 4.78 is 10.7. The molecule has 2 N–H and O–H groups in total. The topological polar surface area (TPSA) is 58.9 Å². The summed E-state index contributed by atoms with van der Waals surface area (Å²) in [6.45, 7) is 2.13. The lowest BCUT2D eigenvalue weighted by molar-refractivity contribution is -0.149. The minimum atomic E-state index is -0.811. The first-order valence-electron chi connectivity index (χ1n) is 10.2. The first-order chi connectivity index (χ1) is 11.7. The molecule has 4 heteroatoms. The Morgan fingerprint density at radius 3 is 1.62 bits per heavy atom. The summed E-state index contributed by atoms with van der Waals surface area (Å²) in [4.78, 5) is 0. The second-order valence-corrected chi connectivity index (χ2v) is 6.87. The molecule has 0 rings (SSSR count).